The number of nitrogens with one attached hydrogen (secondary N) is 1. The van der Waals surface area contributed by atoms with Crippen molar-refractivity contribution in [1.82, 2.24) is 4.98 Å². The first-order valence-electron chi connectivity index (χ1n) is 8.91. The molecule has 0 aliphatic carbocycles. The summed E-state index contributed by atoms with van der Waals surface area (Å²) >= 11 is 7.30. The molecule has 0 spiro atoms. The van der Waals surface area contributed by atoms with E-state index in [9.17, 15) is 9.59 Å². The van der Waals surface area contributed by atoms with Crippen molar-refractivity contribution >= 4 is 40.3 Å². The van der Waals surface area contributed by atoms with Crippen molar-refractivity contribution in [3.05, 3.63) is 69.7 Å². The third-order valence-corrected chi connectivity index (χ3v) is 5.02. The van der Waals surface area contributed by atoms with Crippen LogP contribution in [0.25, 0.3) is 0 Å². The lowest BCUT2D eigenvalue weighted by Crippen LogP contribution is -2.20. The Morgan fingerprint density at radius 1 is 1.17 bits per heavy atom. The highest BCUT2D eigenvalue weighted by atomic mass is 35.5. The summed E-state index contributed by atoms with van der Waals surface area (Å²) in [5, 5.41) is 3.92. The predicted octanol–water partition coefficient (Wildman–Crippen LogP) is 4.62. The Kier molecular flexibility index (Phi) is 7.21. The molecule has 0 saturated carbocycles. The van der Waals surface area contributed by atoms with Crippen LogP contribution < -0.4 is 14.8 Å². The van der Waals surface area contributed by atoms with Crippen molar-refractivity contribution in [2.45, 2.75) is 13.3 Å². The number of amides is 1. The number of hydrogen-bond acceptors (Lipinski definition) is 6. The molecule has 1 aromatic heterocycles. The Morgan fingerprint density at radius 2 is 1.97 bits per heavy atom. The first kappa shape index (κ1) is 20.8. The maximum atomic E-state index is 12.2. The Hall–Kier alpha value is -2.90. The normalized spacial score (nSPS) is 10.4. The first-order chi connectivity index (χ1) is 14.1. The molecule has 8 heteroatoms. The maximum Gasteiger partial charge on any atom is 0.264 e. The quantitative estimate of drug-likeness (QED) is 0.501. The van der Waals surface area contributed by atoms with Crippen LogP contribution in [-0.2, 0) is 11.2 Å². The van der Waals surface area contributed by atoms with E-state index >= 15 is 0 Å². The fourth-order valence-corrected chi connectivity index (χ4v) is 3.52. The summed E-state index contributed by atoms with van der Waals surface area (Å²) in [6.07, 6.45) is 3.17. The number of benzene rings is 2. The molecular weight excluding hydrogens is 412 g/mol. The summed E-state index contributed by atoms with van der Waals surface area (Å²) in [6, 6.07) is 12.4. The zero-order valence-corrected chi connectivity index (χ0v) is 17.3. The molecule has 0 fully saturated rings. The van der Waals surface area contributed by atoms with Crippen molar-refractivity contribution < 1.29 is 19.1 Å². The molecule has 150 valence electrons. The van der Waals surface area contributed by atoms with Gasteiger partial charge in [-0.1, -0.05) is 23.7 Å². The summed E-state index contributed by atoms with van der Waals surface area (Å²) in [5.74, 6) is 0.485. The topological polar surface area (TPSA) is 77.5 Å². The number of hydrogen-bond donors (Lipinski definition) is 1. The molecule has 3 rings (SSSR count). The van der Waals surface area contributed by atoms with Crippen molar-refractivity contribution in [2.24, 2.45) is 0 Å². The molecule has 6 nitrogen and oxygen atoms in total. The lowest BCUT2D eigenvalue weighted by atomic mass is 10.1. The molecule has 1 heterocycles. The lowest BCUT2D eigenvalue weighted by molar-refractivity contribution is -0.118. The molecule has 0 unspecified atom stereocenters. The Morgan fingerprint density at radius 3 is 2.69 bits per heavy atom. The van der Waals surface area contributed by atoms with Gasteiger partial charge in [-0.05, 0) is 42.8 Å². The van der Waals surface area contributed by atoms with E-state index in [1.807, 2.05) is 31.2 Å². The number of aromatic nitrogens is 1. The largest absolute Gasteiger partial charge is 0.490 e. The summed E-state index contributed by atoms with van der Waals surface area (Å²) in [5.41, 5.74) is 1.59. The number of rotatable bonds is 9. The number of thiazole rings is 1. The van der Waals surface area contributed by atoms with Crippen LogP contribution >= 0.6 is 22.9 Å². The Labute approximate surface area is 177 Å². The van der Waals surface area contributed by atoms with Crippen LogP contribution in [0.2, 0.25) is 5.02 Å². The summed E-state index contributed by atoms with van der Waals surface area (Å²) in [7, 11) is 0. The van der Waals surface area contributed by atoms with Crippen molar-refractivity contribution in [1.29, 1.82) is 0 Å². The van der Waals surface area contributed by atoms with Gasteiger partial charge in [-0.15, -0.1) is 11.3 Å². The number of carbonyl (C=O) groups is 2. The second-order valence-corrected chi connectivity index (χ2v) is 7.58. The lowest BCUT2D eigenvalue weighted by Gasteiger charge is -2.11. The van der Waals surface area contributed by atoms with Crippen molar-refractivity contribution in [3.63, 3.8) is 0 Å². The van der Waals surface area contributed by atoms with Crippen LogP contribution in [0, 0.1) is 0 Å². The zero-order chi connectivity index (χ0) is 20.6. The number of carbonyl (C=O) groups excluding carboxylic acids is 2. The van der Waals surface area contributed by atoms with Gasteiger partial charge in [-0.25, -0.2) is 4.98 Å². The number of anilines is 1. The van der Waals surface area contributed by atoms with E-state index in [1.165, 1.54) is 11.3 Å². The second-order valence-electron chi connectivity index (χ2n) is 6.03. The summed E-state index contributed by atoms with van der Waals surface area (Å²) in [6.45, 7) is 2.04. The van der Waals surface area contributed by atoms with E-state index in [0.29, 0.717) is 40.2 Å². The van der Waals surface area contributed by atoms with E-state index in [2.05, 4.69) is 10.3 Å². The third kappa shape index (κ3) is 6.04. The van der Waals surface area contributed by atoms with Gasteiger partial charge in [0.1, 0.15) is 6.29 Å². The number of ether oxygens (including phenoxy) is 2. The van der Waals surface area contributed by atoms with Gasteiger partial charge in [0, 0.05) is 28.1 Å². The van der Waals surface area contributed by atoms with Crippen LogP contribution in [0.15, 0.2) is 48.7 Å². The van der Waals surface area contributed by atoms with E-state index in [1.54, 1.807) is 24.4 Å². The average Bonchev–Trinajstić information content (AvgIpc) is 3.15. The standard InChI is InChI=1S/C21H19ClN2O4S/c1-2-27-19-10-15(12-25)5-8-18(19)28-13-20(26)24-21-23-11-17(29-21)9-14-3-6-16(22)7-4-14/h3-8,10-12H,2,9,13H2,1H3,(H,23,24,26). The number of halogens is 1. The molecule has 2 aromatic carbocycles. The molecule has 0 aliphatic heterocycles. The Balaban J connectivity index is 1.55. The van der Waals surface area contributed by atoms with Crippen LogP contribution in [0.3, 0.4) is 0 Å². The van der Waals surface area contributed by atoms with Gasteiger partial charge in [0.2, 0.25) is 0 Å². The third-order valence-electron chi connectivity index (χ3n) is 3.85. The van der Waals surface area contributed by atoms with E-state index < -0.39 is 0 Å². The zero-order valence-electron chi connectivity index (χ0n) is 15.7. The predicted molar refractivity (Wildman–Crippen MR) is 113 cm³/mol. The van der Waals surface area contributed by atoms with Gasteiger partial charge >= 0.3 is 0 Å². The van der Waals surface area contributed by atoms with E-state index in [0.717, 1.165) is 16.7 Å². The van der Waals surface area contributed by atoms with Gasteiger partial charge in [0.15, 0.2) is 23.2 Å². The minimum atomic E-state index is -0.334. The monoisotopic (exact) mass is 430 g/mol. The fraction of sp³-hybridized carbons (Fsp3) is 0.190. The van der Waals surface area contributed by atoms with E-state index in [4.69, 9.17) is 21.1 Å². The van der Waals surface area contributed by atoms with Crippen LogP contribution in [0.4, 0.5) is 5.13 Å². The molecule has 1 amide bonds. The molecule has 29 heavy (non-hydrogen) atoms. The first-order valence-corrected chi connectivity index (χ1v) is 10.1. The number of aldehydes is 1. The van der Waals surface area contributed by atoms with Gasteiger partial charge < -0.3 is 9.47 Å². The van der Waals surface area contributed by atoms with Gasteiger partial charge in [0.05, 0.1) is 6.61 Å². The smallest absolute Gasteiger partial charge is 0.264 e. The molecule has 0 aliphatic rings. The molecule has 0 saturated heterocycles. The van der Waals surface area contributed by atoms with Crippen molar-refractivity contribution in [2.75, 3.05) is 18.5 Å². The molecular formula is C21H19ClN2O4S. The minimum Gasteiger partial charge on any atom is -0.490 e. The van der Waals surface area contributed by atoms with Crippen LogP contribution in [0.1, 0.15) is 27.7 Å². The maximum absolute atomic E-state index is 12.2. The van der Waals surface area contributed by atoms with Gasteiger partial charge in [-0.3, -0.25) is 14.9 Å². The fourth-order valence-electron chi connectivity index (χ4n) is 2.53. The average molecular weight is 431 g/mol. The van der Waals surface area contributed by atoms with E-state index in [-0.39, 0.29) is 12.5 Å². The Bertz CT molecular complexity index is 989. The van der Waals surface area contributed by atoms with Gasteiger partial charge in [-0.2, -0.15) is 0 Å². The highest BCUT2D eigenvalue weighted by molar-refractivity contribution is 7.15. The number of nitrogens with zero attached hydrogens (tertiary/aromatic N) is 1. The highest BCUT2D eigenvalue weighted by Gasteiger charge is 2.11. The minimum absolute atomic E-state index is 0.202. The van der Waals surface area contributed by atoms with Crippen LogP contribution in [-0.4, -0.2) is 30.4 Å². The second kappa shape index (κ2) is 10.0. The molecule has 0 atom stereocenters. The van der Waals surface area contributed by atoms with Crippen molar-refractivity contribution in [3.8, 4) is 11.5 Å². The molecule has 1 N–H and O–H groups in total. The molecule has 0 bridgehead atoms. The SMILES string of the molecule is CCOc1cc(C=O)ccc1OCC(=O)Nc1ncc(Cc2ccc(Cl)cc2)s1. The summed E-state index contributed by atoms with van der Waals surface area (Å²) in [4.78, 5) is 28.4. The molecule has 3 aromatic rings. The summed E-state index contributed by atoms with van der Waals surface area (Å²) < 4.78 is 11.0. The highest BCUT2D eigenvalue weighted by Crippen LogP contribution is 2.28. The molecule has 0 radical (unpaired) electrons. The van der Waals surface area contributed by atoms with Gasteiger partial charge in [0.25, 0.3) is 5.91 Å². The van der Waals surface area contributed by atoms with Crippen LogP contribution in [0.5, 0.6) is 11.5 Å².